The molecule has 2 N–H and O–H groups in total. The molecule has 1 atom stereocenters. The molecule has 2 aliphatic rings. The summed E-state index contributed by atoms with van der Waals surface area (Å²) >= 11 is 0. The number of benzene rings is 1. The zero-order valence-corrected chi connectivity index (χ0v) is 15.9. The van der Waals surface area contributed by atoms with Gasteiger partial charge in [-0.25, -0.2) is 8.42 Å². The first kappa shape index (κ1) is 20.1. The topological polar surface area (TPSA) is 81.8 Å². The summed E-state index contributed by atoms with van der Waals surface area (Å²) in [6.07, 6.45) is 1.13. The van der Waals surface area contributed by atoms with Crippen molar-refractivity contribution < 1.29 is 13.2 Å². The lowest BCUT2D eigenvalue weighted by Crippen LogP contribution is -2.52. The van der Waals surface area contributed by atoms with Crippen molar-refractivity contribution in [3.63, 3.8) is 0 Å². The first-order valence-corrected chi connectivity index (χ1v) is 9.73. The molecule has 1 aromatic rings. The number of amides is 1. The standard InChI is InChI=1S/C16H24N4O3S.ClH/c1-17-16(21)13-2-4-15(5-3-13)24(22,23)20-10-8-19(9-11-20)14-6-7-18-12-14;/h2-5,14,18H,6-12H2,1H3,(H,17,21);1H. The van der Waals surface area contributed by atoms with Crippen LogP contribution in [0.3, 0.4) is 0 Å². The number of nitrogens with zero attached hydrogens (tertiary/aromatic N) is 2. The Bertz CT molecular complexity index is 682. The average molecular weight is 389 g/mol. The van der Waals surface area contributed by atoms with Crippen molar-refractivity contribution in [2.75, 3.05) is 46.3 Å². The summed E-state index contributed by atoms with van der Waals surface area (Å²) in [7, 11) is -1.95. The maximum atomic E-state index is 12.8. The third-order valence-corrected chi connectivity index (χ3v) is 6.72. The molecule has 2 aliphatic heterocycles. The fourth-order valence-corrected chi connectivity index (χ4v) is 4.75. The number of hydrogen-bond donors (Lipinski definition) is 2. The van der Waals surface area contributed by atoms with E-state index in [1.54, 1.807) is 23.5 Å². The van der Waals surface area contributed by atoms with E-state index >= 15 is 0 Å². The summed E-state index contributed by atoms with van der Waals surface area (Å²) in [4.78, 5) is 14.2. The summed E-state index contributed by atoms with van der Waals surface area (Å²) < 4.78 is 27.1. The van der Waals surface area contributed by atoms with E-state index in [1.165, 1.54) is 12.1 Å². The largest absolute Gasteiger partial charge is 0.355 e. The summed E-state index contributed by atoms with van der Waals surface area (Å²) in [5, 5.41) is 5.87. The number of carbonyl (C=O) groups excluding carboxylic acids is 1. The van der Waals surface area contributed by atoms with E-state index in [1.807, 2.05) is 0 Å². The number of piperazine rings is 1. The molecule has 3 rings (SSSR count). The second kappa shape index (κ2) is 8.46. The van der Waals surface area contributed by atoms with Crippen molar-refractivity contribution in [3.8, 4) is 0 Å². The third kappa shape index (κ3) is 4.32. The number of sulfonamides is 1. The molecule has 9 heteroatoms. The molecule has 25 heavy (non-hydrogen) atoms. The summed E-state index contributed by atoms with van der Waals surface area (Å²) in [6.45, 7) is 4.59. The molecule has 0 spiro atoms. The quantitative estimate of drug-likeness (QED) is 0.766. The fourth-order valence-electron chi connectivity index (χ4n) is 3.33. The SMILES string of the molecule is CNC(=O)c1ccc(S(=O)(=O)N2CCN(C3CCNC3)CC2)cc1.Cl. The van der Waals surface area contributed by atoms with E-state index in [-0.39, 0.29) is 23.2 Å². The lowest BCUT2D eigenvalue weighted by molar-refractivity contribution is 0.0963. The molecular formula is C16H25ClN4O3S. The minimum absolute atomic E-state index is 0. The second-order valence-electron chi connectivity index (χ2n) is 6.19. The Morgan fingerprint density at radius 3 is 2.32 bits per heavy atom. The van der Waals surface area contributed by atoms with Crippen molar-refractivity contribution in [1.82, 2.24) is 19.8 Å². The Hall–Kier alpha value is -1.19. The van der Waals surface area contributed by atoms with Crippen molar-refractivity contribution in [1.29, 1.82) is 0 Å². The minimum Gasteiger partial charge on any atom is -0.355 e. The normalized spacial score (nSPS) is 22.4. The van der Waals surface area contributed by atoms with Gasteiger partial charge in [0.05, 0.1) is 4.90 Å². The van der Waals surface area contributed by atoms with Crippen molar-refractivity contribution in [3.05, 3.63) is 29.8 Å². The van der Waals surface area contributed by atoms with Gasteiger partial charge in [-0.1, -0.05) is 0 Å². The molecule has 0 bridgehead atoms. The molecule has 1 amide bonds. The summed E-state index contributed by atoms with van der Waals surface area (Å²) in [6, 6.07) is 6.64. The number of nitrogens with one attached hydrogen (secondary N) is 2. The highest BCUT2D eigenvalue weighted by molar-refractivity contribution is 7.89. The molecule has 2 fully saturated rings. The Balaban J connectivity index is 0.00000225. The van der Waals surface area contributed by atoms with Gasteiger partial charge in [0.2, 0.25) is 10.0 Å². The van der Waals surface area contributed by atoms with Gasteiger partial charge < -0.3 is 10.6 Å². The van der Waals surface area contributed by atoms with Gasteiger partial charge in [0.15, 0.2) is 0 Å². The van der Waals surface area contributed by atoms with E-state index in [2.05, 4.69) is 15.5 Å². The first-order valence-electron chi connectivity index (χ1n) is 8.29. The molecule has 2 heterocycles. The van der Waals surface area contributed by atoms with Crippen LogP contribution >= 0.6 is 12.4 Å². The van der Waals surface area contributed by atoms with E-state index < -0.39 is 10.0 Å². The van der Waals surface area contributed by atoms with Gasteiger partial charge >= 0.3 is 0 Å². The highest BCUT2D eigenvalue weighted by atomic mass is 35.5. The van der Waals surface area contributed by atoms with Gasteiger partial charge in [-0.05, 0) is 37.2 Å². The van der Waals surface area contributed by atoms with Gasteiger partial charge in [-0.15, -0.1) is 12.4 Å². The predicted molar refractivity (Wildman–Crippen MR) is 98.7 cm³/mol. The lowest BCUT2D eigenvalue weighted by Gasteiger charge is -2.37. The lowest BCUT2D eigenvalue weighted by atomic mass is 10.2. The molecule has 7 nitrogen and oxygen atoms in total. The predicted octanol–water partition coefficient (Wildman–Crippen LogP) is 0.136. The third-order valence-electron chi connectivity index (χ3n) is 4.81. The highest BCUT2D eigenvalue weighted by Crippen LogP contribution is 2.20. The summed E-state index contributed by atoms with van der Waals surface area (Å²) in [5.41, 5.74) is 0.454. The zero-order valence-electron chi connectivity index (χ0n) is 14.3. The van der Waals surface area contributed by atoms with Crippen LogP contribution < -0.4 is 10.6 Å². The van der Waals surface area contributed by atoms with Gasteiger partial charge in [0, 0.05) is 51.4 Å². The molecule has 0 saturated carbocycles. The Morgan fingerprint density at radius 1 is 1.16 bits per heavy atom. The smallest absolute Gasteiger partial charge is 0.251 e. The Kier molecular flexibility index (Phi) is 6.81. The van der Waals surface area contributed by atoms with Crippen LogP contribution in [0.2, 0.25) is 0 Å². The number of carbonyl (C=O) groups is 1. The van der Waals surface area contributed by atoms with Crippen LogP contribution in [0.15, 0.2) is 29.2 Å². The molecular weight excluding hydrogens is 364 g/mol. The van der Waals surface area contributed by atoms with E-state index in [4.69, 9.17) is 0 Å². The van der Waals surface area contributed by atoms with E-state index in [0.29, 0.717) is 24.7 Å². The minimum atomic E-state index is -3.50. The van der Waals surface area contributed by atoms with E-state index in [9.17, 15) is 13.2 Å². The first-order chi connectivity index (χ1) is 11.5. The number of hydrogen-bond acceptors (Lipinski definition) is 5. The van der Waals surface area contributed by atoms with Crippen LogP contribution in [0, 0.1) is 0 Å². The Morgan fingerprint density at radius 2 is 1.80 bits per heavy atom. The number of halogens is 1. The molecule has 1 aromatic carbocycles. The molecule has 0 radical (unpaired) electrons. The zero-order chi connectivity index (χ0) is 17.2. The van der Waals surface area contributed by atoms with Crippen molar-refractivity contribution >= 4 is 28.3 Å². The van der Waals surface area contributed by atoms with Crippen LogP contribution in [0.1, 0.15) is 16.8 Å². The van der Waals surface area contributed by atoms with Gasteiger partial charge in [-0.2, -0.15) is 4.31 Å². The van der Waals surface area contributed by atoms with E-state index in [0.717, 1.165) is 32.6 Å². The monoisotopic (exact) mass is 388 g/mol. The summed E-state index contributed by atoms with van der Waals surface area (Å²) in [5.74, 6) is -0.224. The molecule has 0 aliphatic carbocycles. The van der Waals surface area contributed by atoms with Crippen molar-refractivity contribution in [2.24, 2.45) is 0 Å². The van der Waals surface area contributed by atoms with Crippen LogP contribution in [-0.4, -0.2) is 75.9 Å². The average Bonchev–Trinajstić information content (AvgIpc) is 3.16. The second-order valence-corrected chi connectivity index (χ2v) is 8.13. The highest BCUT2D eigenvalue weighted by Gasteiger charge is 2.31. The molecule has 140 valence electrons. The van der Waals surface area contributed by atoms with Crippen LogP contribution in [0.4, 0.5) is 0 Å². The maximum Gasteiger partial charge on any atom is 0.251 e. The maximum absolute atomic E-state index is 12.8. The van der Waals surface area contributed by atoms with Gasteiger partial charge in [0.1, 0.15) is 0 Å². The van der Waals surface area contributed by atoms with Gasteiger partial charge in [0.25, 0.3) is 5.91 Å². The molecule has 1 unspecified atom stereocenters. The number of rotatable bonds is 4. The molecule has 2 saturated heterocycles. The fraction of sp³-hybridized carbons (Fsp3) is 0.562. The van der Waals surface area contributed by atoms with Crippen LogP contribution in [0.25, 0.3) is 0 Å². The van der Waals surface area contributed by atoms with Crippen LogP contribution in [0.5, 0.6) is 0 Å². The van der Waals surface area contributed by atoms with Gasteiger partial charge in [-0.3, -0.25) is 9.69 Å². The molecule has 0 aromatic heterocycles. The van der Waals surface area contributed by atoms with Crippen LogP contribution in [-0.2, 0) is 10.0 Å². The van der Waals surface area contributed by atoms with Crippen molar-refractivity contribution in [2.45, 2.75) is 17.4 Å². The Labute approximate surface area is 155 Å².